The van der Waals surface area contributed by atoms with E-state index in [0.29, 0.717) is 34.3 Å². The average molecular weight is 475 g/mol. The van der Waals surface area contributed by atoms with Gasteiger partial charge in [-0.15, -0.1) is 0 Å². The van der Waals surface area contributed by atoms with Gasteiger partial charge in [0, 0.05) is 26.2 Å². The zero-order chi connectivity index (χ0) is 23.1. The number of benzene rings is 2. The van der Waals surface area contributed by atoms with Crippen molar-refractivity contribution >= 4 is 46.4 Å². The summed E-state index contributed by atoms with van der Waals surface area (Å²) < 4.78 is 30.6. The summed E-state index contributed by atoms with van der Waals surface area (Å²) >= 11 is 7.40. The highest BCUT2D eigenvalue weighted by molar-refractivity contribution is 8.00. The van der Waals surface area contributed by atoms with Gasteiger partial charge >= 0.3 is 0 Å². The summed E-state index contributed by atoms with van der Waals surface area (Å²) in [4.78, 5) is 6.13. The highest BCUT2D eigenvalue weighted by Gasteiger charge is 2.14. The number of nitrogens with one attached hydrogen (secondary N) is 3. The number of likely N-dealkylation sites (N-methyl/N-ethyl adjacent to an activating group) is 2. The van der Waals surface area contributed by atoms with Crippen LogP contribution in [0.4, 0.5) is 31.7 Å². The normalized spacial score (nSPS) is 10.5. The highest BCUT2D eigenvalue weighted by atomic mass is 35.5. The molecule has 0 aliphatic heterocycles. The molecule has 0 radical (unpaired) electrons. The fourth-order valence-corrected chi connectivity index (χ4v) is 3.76. The van der Waals surface area contributed by atoms with E-state index in [1.807, 2.05) is 19.0 Å². The van der Waals surface area contributed by atoms with Gasteiger partial charge in [-0.3, -0.25) is 0 Å². The van der Waals surface area contributed by atoms with Gasteiger partial charge in [-0.25, -0.2) is 13.8 Å². The van der Waals surface area contributed by atoms with Gasteiger partial charge in [0.15, 0.2) is 0 Å². The molecule has 3 N–H and O–H groups in total. The van der Waals surface area contributed by atoms with Crippen LogP contribution >= 0.6 is 23.5 Å². The summed E-state index contributed by atoms with van der Waals surface area (Å²) in [6, 6.07) is 12.9. The van der Waals surface area contributed by atoms with Crippen molar-refractivity contribution in [3.8, 4) is 6.07 Å². The first kappa shape index (κ1) is 23.6. The summed E-state index contributed by atoms with van der Waals surface area (Å²) in [7, 11) is 3.78. The lowest BCUT2D eigenvalue weighted by Gasteiger charge is -2.23. The van der Waals surface area contributed by atoms with Gasteiger partial charge in [-0.1, -0.05) is 11.6 Å². The lowest BCUT2D eigenvalue weighted by atomic mass is 10.1. The van der Waals surface area contributed by atoms with Crippen molar-refractivity contribution in [2.45, 2.75) is 4.90 Å². The van der Waals surface area contributed by atoms with Crippen LogP contribution in [-0.4, -0.2) is 32.2 Å². The smallest absolute Gasteiger partial charge is 0.141 e. The van der Waals surface area contributed by atoms with E-state index in [1.165, 1.54) is 24.3 Å². The van der Waals surface area contributed by atoms with Crippen LogP contribution < -0.4 is 20.3 Å². The molecular formula is C22H21ClF2N6S. The number of nitriles is 1. The van der Waals surface area contributed by atoms with Crippen molar-refractivity contribution in [3.05, 3.63) is 70.9 Å². The number of nitrogens with zero attached hydrogens (tertiary/aromatic N) is 3. The van der Waals surface area contributed by atoms with Crippen molar-refractivity contribution in [2.75, 3.05) is 42.1 Å². The lowest BCUT2D eigenvalue weighted by Crippen LogP contribution is -2.27. The lowest BCUT2D eigenvalue weighted by molar-refractivity contribution is 0.603. The molecule has 0 saturated heterocycles. The van der Waals surface area contributed by atoms with E-state index < -0.39 is 11.6 Å². The van der Waals surface area contributed by atoms with Crippen LogP contribution in [0.15, 0.2) is 53.6 Å². The molecule has 3 rings (SSSR count). The van der Waals surface area contributed by atoms with E-state index in [0.717, 1.165) is 30.4 Å². The monoisotopic (exact) mass is 474 g/mol. The van der Waals surface area contributed by atoms with Crippen LogP contribution in [-0.2, 0) is 0 Å². The summed E-state index contributed by atoms with van der Waals surface area (Å²) in [5, 5.41) is 15.8. The number of aromatic nitrogens is 1. The maximum absolute atomic E-state index is 14.7. The standard InChI is InChI=1S/C22H21ClF2N6S/c1-27-7-8-31(2)20-9-14(12-26)3-5-18(20)29-19-11-17(25)21(10-16(19)23)32-30-22-6-4-15(24)13-28-22/h3-6,9-11,13,27,29H,7-8H2,1-2H3,(H,28,30). The second kappa shape index (κ2) is 11.0. The summed E-state index contributed by atoms with van der Waals surface area (Å²) in [5.41, 5.74) is 2.39. The quantitative estimate of drug-likeness (QED) is 0.358. The maximum atomic E-state index is 14.7. The first-order valence-electron chi connectivity index (χ1n) is 9.61. The minimum Gasteiger partial charge on any atom is -0.372 e. The van der Waals surface area contributed by atoms with Gasteiger partial charge in [0.05, 0.1) is 44.8 Å². The van der Waals surface area contributed by atoms with Gasteiger partial charge in [-0.05, 0) is 55.4 Å². The third-order valence-electron chi connectivity index (χ3n) is 4.52. The molecule has 0 fully saturated rings. The molecule has 0 amide bonds. The molecule has 1 heterocycles. The Bertz CT molecular complexity index is 1120. The number of anilines is 4. The van der Waals surface area contributed by atoms with Gasteiger partial charge < -0.3 is 20.3 Å². The Morgan fingerprint density at radius 2 is 1.97 bits per heavy atom. The summed E-state index contributed by atoms with van der Waals surface area (Å²) in [6.45, 7) is 1.46. The molecule has 10 heteroatoms. The molecule has 0 bridgehead atoms. The maximum Gasteiger partial charge on any atom is 0.141 e. The average Bonchev–Trinajstić information content (AvgIpc) is 2.80. The van der Waals surface area contributed by atoms with Crippen molar-refractivity contribution in [3.63, 3.8) is 0 Å². The van der Waals surface area contributed by atoms with Crippen LogP contribution in [0.25, 0.3) is 0 Å². The molecule has 32 heavy (non-hydrogen) atoms. The fourth-order valence-electron chi connectivity index (χ4n) is 2.81. The predicted octanol–water partition coefficient (Wildman–Crippen LogP) is 5.40. The molecule has 2 aromatic carbocycles. The molecule has 0 aliphatic rings. The first-order chi connectivity index (χ1) is 15.4. The molecule has 166 valence electrons. The van der Waals surface area contributed by atoms with Gasteiger partial charge in [0.1, 0.15) is 17.5 Å². The molecular weight excluding hydrogens is 454 g/mol. The minimum absolute atomic E-state index is 0.262. The number of hydrogen-bond donors (Lipinski definition) is 3. The van der Waals surface area contributed by atoms with Gasteiger partial charge in [-0.2, -0.15) is 5.26 Å². The van der Waals surface area contributed by atoms with Crippen molar-refractivity contribution in [2.24, 2.45) is 0 Å². The molecule has 6 nitrogen and oxygen atoms in total. The third kappa shape index (κ3) is 6.01. The van der Waals surface area contributed by atoms with E-state index in [9.17, 15) is 14.0 Å². The number of halogens is 3. The second-order valence-corrected chi connectivity index (χ2v) is 8.08. The molecule has 3 aromatic rings. The van der Waals surface area contributed by atoms with Crippen molar-refractivity contribution in [1.82, 2.24) is 10.3 Å². The van der Waals surface area contributed by atoms with Crippen LogP contribution in [0.5, 0.6) is 0 Å². The zero-order valence-corrected chi connectivity index (χ0v) is 19.0. The minimum atomic E-state index is -0.491. The van der Waals surface area contributed by atoms with Gasteiger partial charge in [0.2, 0.25) is 0 Å². The van der Waals surface area contributed by atoms with Gasteiger partial charge in [0.25, 0.3) is 0 Å². The topological polar surface area (TPSA) is 76.0 Å². The Kier molecular flexibility index (Phi) is 8.11. The highest BCUT2D eigenvalue weighted by Crippen LogP contribution is 2.36. The van der Waals surface area contributed by atoms with Crippen LogP contribution in [0.3, 0.4) is 0 Å². The molecule has 0 spiro atoms. The molecule has 0 unspecified atom stereocenters. The van der Waals surface area contributed by atoms with Crippen molar-refractivity contribution in [1.29, 1.82) is 5.26 Å². The van der Waals surface area contributed by atoms with Crippen LogP contribution in [0.2, 0.25) is 5.02 Å². The zero-order valence-electron chi connectivity index (χ0n) is 17.4. The van der Waals surface area contributed by atoms with E-state index in [4.69, 9.17) is 11.6 Å². The Hall–Kier alpha value is -3.06. The van der Waals surface area contributed by atoms with Crippen molar-refractivity contribution < 1.29 is 8.78 Å². The number of hydrogen-bond acceptors (Lipinski definition) is 7. The Morgan fingerprint density at radius 1 is 1.16 bits per heavy atom. The second-order valence-electron chi connectivity index (χ2n) is 6.82. The number of rotatable bonds is 9. The Labute approximate surface area is 194 Å². The summed E-state index contributed by atoms with van der Waals surface area (Å²) in [6.07, 6.45) is 1.07. The van der Waals surface area contributed by atoms with E-state index in [1.54, 1.807) is 18.2 Å². The molecule has 0 atom stereocenters. The Balaban J connectivity index is 1.81. The molecule has 0 saturated carbocycles. The largest absolute Gasteiger partial charge is 0.372 e. The first-order valence-corrected chi connectivity index (χ1v) is 10.8. The Morgan fingerprint density at radius 3 is 2.66 bits per heavy atom. The van der Waals surface area contributed by atoms with Crippen LogP contribution in [0, 0.1) is 23.0 Å². The van der Waals surface area contributed by atoms with E-state index >= 15 is 0 Å². The SMILES string of the molecule is CNCCN(C)c1cc(C#N)ccc1Nc1cc(F)c(SNc2ccc(F)cn2)cc1Cl. The molecule has 1 aromatic heterocycles. The van der Waals surface area contributed by atoms with E-state index in [-0.39, 0.29) is 4.90 Å². The van der Waals surface area contributed by atoms with Crippen LogP contribution in [0.1, 0.15) is 5.56 Å². The number of pyridine rings is 1. The fraction of sp³-hybridized carbons (Fsp3) is 0.182. The van der Waals surface area contributed by atoms with E-state index in [2.05, 4.69) is 26.4 Å². The third-order valence-corrected chi connectivity index (χ3v) is 5.68. The summed E-state index contributed by atoms with van der Waals surface area (Å²) in [5.74, 6) is -0.555. The molecule has 0 aliphatic carbocycles. The predicted molar refractivity (Wildman–Crippen MR) is 127 cm³/mol.